The number of hydrogen-bond donors (Lipinski definition) is 3. The van der Waals surface area contributed by atoms with Crippen molar-refractivity contribution in [2.75, 3.05) is 10.6 Å². The van der Waals surface area contributed by atoms with Gasteiger partial charge in [0, 0.05) is 22.5 Å². The van der Waals surface area contributed by atoms with Crippen LogP contribution in [0.15, 0.2) is 66.7 Å². The maximum Gasteiger partial charge on any atom is 0.257 e. The number of anilines is 2. The first kappa shape index (κ1) is 20.6. The van der Waals surface area contributed by atoms with E-state index in [0.717, 1.165) is 22.8 Å². The number of rotatable bonds is 4. The average Bonchev–Trinajstić information content (AvgIpc) is 3.23. The Kier molecular flexibility index (Phi) is 5.96. The van der Waals surface area contributed by atoms with Gasteiger partial charge < -0.3 is 10.6 Å². The molecule has 0 bridgehead atoms. The van der Waals surface area contributed by atoms with Crippen molar-refractivity contribution in [1.29, 1.82) is 0 Å². The number of thiocarbonyl (C=S) groups is 1. The number of nitrogens with one attached hydrogen (secondary N) is 3. The molecule has 0 saturated heterocycles. The maximum atomic E-state index is 12.4. The number of carbonyl (C=O) groups excluding carboxylic acids is 2. The molecule has 3 aromatic carbocycles. The summed E-state index contributed by atoms with van der Waals surface area (Å²) in [4.78, 5) is 24.8. The molecule has 0 atom stereocenters. The van der Waals surface area contributed by atoms with E-state index in [9.17, 15) is 9.59 Å². The number of fused-ring (bicyclic) bond motifs is 1. The lowest BCUT2D eigenvalue weighted by Gasteiger charge is -2.11. The Morgan fingerprint density at radius 1 is 0.806 bits per heavy atom. The van der Waals surface area contributed by atoms with Crippen molar-refractivity contribution in [3.05, 3.63) is 83.4 Å². The molecule has 7 nitrogen and oxygen atoms in total. The van der Waals surface area contributed by atoms with Crippen LogP contribution < -0.4 is 16.0 Å². The molecule has 4 rings (SSSR count). The van der Waals surface area contributed by atoms with Gasteiger partial charge in [0.15, 0.2) is 5.11 Å². The number of hydrogen-bond acceptors (Lipinski definition) is 6. The van der Waals surface area contributed by atoms with Gasteiger partial charge in [-0.05, 0) is 73.7 Å². The van der Waals surface area contributed by atoms with Crippen LogP contribution in [0, 0.1) is 6.92 Å². The molecule has 3 N–H and O–H groups in total. The van der Waals surface area contributed by atoms with Gasteiger partial charge >= 0.3 is 0 Å². The van der Waals surface area contributed by atoms with Gasteiger partial charge in [0.2, 0.25) is 0 Å². The molecule has 4 aromatic rings. The third-order valence-electron chi connectivity index (χ3n) is 4.42. The summed E-state index contributed by atoms with van der Waals surface area (Å²) in [6.45, 7) is 1.94. The van der Waals surface area contributed by atoms with Crippen LogP contribution in [0.25, 0.3) is 11.0 Å². The van der Waals surface area contributed by atoms with Crippen molar-refractivity contribution < 1.29 is 9.59 Å². The van der Waals surface area contributed by atoms with E-state index in [0.29, 0.717) is 28.0 Å². The van der Waals surface area contributed by atoms with Crippen LogP contribution >= 0.6 is 23.9 Å². The predicted octanol–water partition coefficient (Wildman–Crippen LogP) is 4.38. The van der Waals surface area contributed by atoms with Crippen molar-refractivity contribution in [3.63, 3.8) is 0 Å². The summed E-state index contributed by atoms with van der Waals surface area (Å²) in [5, 5.41) is 8.61. The Morgan fingerprint density at radius 3 is 2.23 bits per heavy atom. The fourth-order valence-corrected chi connectivity index (χ4v) is 3.62. The molecular formula is C22H17N5O2S2. The average molecular weight is 448 g/mol. The van der Waals surface area contributed by atoms with E-state index in [4.69, 9.17) is 12.2 Å². The summed E-state index contributed by atoms with van der Waals surface area (Å²) < 4.78 is 8.25. The first-order valence-electron chi connectivity index (χ1n) is 9.31. The van der Waals surface area contributed by atoms with Crippen LogP contribution in [0.3, 0.4) is 0 Å². The zero-order chi connectivity index (χ0) is 21.8. The van der Waals surface area contributed by atoms with Crippen LogP contribution in [-0.4, -0.2) is 25.7 Å². The van der Waals surface area contributed by atoms with E-state index in [1.54, 1.807) is 48.5 Å². The van der Waals surface area contributed by atoms with Gasteiger partial charge in [-0.15, -0.1) is 0 Å². The minimum absolute atomic E-state index is 0.165. The zero-order valence-corrected chi connectivity index (χ0v) is 18.0. The second-order valence-corrected chi connectivity index (χ2v) is 7.71. The Hall–Kier alpha value is -3.69. The minimum atomic E-state index is -0.338. The second kappa shape index (κ2) is 8.99. The van der Waals surface area contributed by atoms with Crippen molar-refractivity contribution in [2.24, 2.45) is 0 Å². The van der Waals surface area contributed by atoms with Crippen LogP contribution in [0.5, 0.6) is 0 Å². The highest BCUT2D eigenvalue weighted by molar-refractivity contribution is 7.80. The van der Waals surface area contributed by atoms with E-state index in [2.05, 4.69) is 24.7 Å². The fraction of sp³-hybridized carbons (Fsp3) is 0.0455. The molecule has 0 fully saturated rings. The second-order valence-electron chi connectivity index (χ2n) is 6.78. The smallest absolute Gasteiger partial charge is 0.257 e. The Balaban J connectivity index is 1.34. The first-order chi connectivity index (χ1) is 15.0. The molecule has 154 valence electrons. The SMILES string of the molecule is Cc1cccc(C(=O)Nc2ccc(NC(=S)NC(=O)c3ccc4nsnc4c3)cc2)c1. The fourth-order valence-electron chi connectivity index (χ4n) is 2.89. The van der Waals surface area contributed by atoms with Crippen LogP contribution in [-0.2, 0) is 0 Å². The number of benzene rings is 3. The maximum absolute atomic E-state index is 12.4. The predicted molar refractivity (Wildman–Crippen MR) is 127 cm³/mol. The first-order valence-corrected chi connectivity index (χ1v) is 10.4. The summed E-state index contributed by atoms with van der Waals surface area (Å²) in [7, 11) is 0. The summed E-state index contributed by atoms with van der Waals surface area (Å²) in [6.07, 6.45) is 0. The summed E-state index contributed by atoms with van der Waals surface area (Å²) in [5.74, 6) is -0.520. The van der Waals surface area contributed by atoms with Gasteiger partial charge in [-0.2, -0.15) is 8.75 Å². The monoisotopic (exact) mass is 447 g/mol. The molecule has 0 unspecified atom stereocenters. The summed E-state index contributed by atoms with van der Waals surface area (Å²) >= 11 is 6.33. The van der Waals surface area contributed by atoms with Crippen LogP contribution in [0.4, 0.5) is 11.4 Å². The molecule has 0 aliphatic heterocycles. The molecule has 2 amide bonds. The molecule has 0 saturated carbocycles. The van der Waals surface area contributed by atoms with Gasteiger partial charge in [0.25, 0.3) is 11.8 Å². The molecule has 9 heteroatoms. The van der Waals surface area contributed by atoms with E-state index in [1.807, 2.05) is 25.1 Å². The molecule has 0 aliphatic rings. The molecular weight excluding hydrogens is 430 g/mol. The number of aromatic nitrogens is 2. The van der Waals surface area contributed by atoms with Crippen molar-refractivity contribution >= 4 is 63.3 Å². The molecule has 0 aliphatic carbocycles. The summed E-state index contributed by atoms with van der Waals surface area (Å²) in [5.41, 5.74) is 4.80. The number of aryl methyl sites for hydroxylation is 1. The van der Waals surface area contributed by atoms with Gasteiger partial charge in [-0.1, -0.05) is 17.7 Å². The molecule has 1 aromatic heterocycles. The Bertz CT molecular complexity index is 1280. The van der Waals surface area contributed by atoms with Crippen LogP contribution in [0.2, 0.25) is 0 Å². The van der Waals surface area contributed by atoms with Gasteiger partial charge in [-0.25, -0.2) is 0 Å². The largest absolute Gasteiger partial charge is 0.332 e. The highest BCUT2D eigenvalue weighted by Gasteiger charge is 2.11. The van der Waals surface area contributed by atoms with Gasteiger partial charge in [-0.3, -0.25) is 14.9 Å². The highest BCUT2D eigenvalue weighted by atomic mass is 32.1. The van der Waals surface area contributed by atoms with Crippen molar-refractivity contribution in [1.82, 2.24) is 14.1 Å². The minimum Gasteiger partial charge on any atom is -0.332 e. The number of nitrogens with zero attached hydrogens (tertiary/aromatic N) is 2. The topological polar surface area (TPSA) is 96.0 Å². The third kappa shape index (κ3) is 5.08. The van der Waals surface area contributed by atoms with Gasteiger partial charge in [0.1, 0.15) is 11.0 Å². The molecule has 1 heterocycles. The number of carbonyl (C=O) groups is 2. The van der Waals surface area contributed by atoms with Crippen molar-refractivity contribution in [3.8, 4) is 0 Å². The van der Waals surface area contributed by atoms with Crippen LogP contribution in [0.1, 0.15) is 26.3 Å². The Labute approximate surface area is 187 Å². The lowest BCUT2D eigenvalue weighted by molar-refractivity contribution is 0.0976. The van der Waals surface area contributed by atoms with E-state index in [-0.39, 0.29) is 16.9 Å². The molecule has 0 radical (unpaired) electrons. The van der Waals surface area contributed by atoms with Crippen molar-refractivity contribution in [2.45, 2.75) is 6.92 Å². The summed E-state index contributed by atoms with van der Waals surface area (Å²) in [6, 6.07) is 19.5. The zero-order valence-electron chi connectivity index (χ0n) is 16.4. The van der Waals surface area contributed by atoms with E-state index >= 15 is 0 Å². The molecule has 31 heavy (non-hydrogen) atoms. The quantitative estimate of drug-likeness (QED) is 0.402. The number of amides is 2. The van der Waals surface area contributed by atoms with E-state index < -0.39 is 0 Å². The normalized spacial score (nSPS) is 10.5. The Morgan fingerprint density at radius 2 is 1.48 bits per heavy atom. The third-order valence-corrected chi connectivity index (χ3v) is 5.18. The van der Waals surface area contributed by atoms with E-state index in [1.165, 1.54) is 0 Å². The standard InChI is InChI=1S/C22H17N5O2S2/c1-13-3-2-4-14(11-13)20(28)23-16-6-8-17(9-7-16)24-22(30)25-21(29)15-5-10-18-19(12-15)27-31-26-18/h2-12H,1H3,(H,23,28)(H2,24,25,29,30). The lowest BCUT2D eigenvalue weighted by Crippen LogP contribution is -2.34. The highest BCUT2D eigenvalue weighted by Crippen LogP contribution is 2.16. The lowest BCUT2D eigenvalue weighted by atomic mass is 10.1. The molecule has 0 spiro atoms. The van der Waals surface area contributed by atoms with Gasteiger partial charge in [0.05, 0.1) is 11.7 Å².